The lowest BCUT2D eigenvalue weighted by Crippen LogP contribution is -2.43. The molecule has 6 N–H and O–H groups in total. The molecule has 0 aliphatic carbocycles. The molecule has 0 fully saturated rings. The molecule has 16 heavy (non-hydrogen) atoms. The summed E-state index contributed by atoms with van der Waals surface area (Å²) in [6.07, 6.45) is 0. The Hall–Kier alpha value is -1.90. The van der Waals surface area contributed by atoms with Crippen LogP contribution in [0.3, 0.4) is 0 Å². The maximum atomic E-state index is 4.19. The Morgan fingerprint density at radius 2 is 0.750 bits per heavy atom. The van der Waals surface area contributed by atoms with Crippen LogP contribution in [-0.2, 0) is 0 Å². The topological polar surface area (TPSA) is 55.3 Å². The van der Waals surface area contributed by atoms with Crippen molar-refractivity contribution in [1.29, 1.82) is 0 Å². The summed E-state index contributed by atoms with van der Waals surface area (Å²) < 4.78 is 0. The van der Waals surface area contributed by atoms with Crippen molar-refractivity contribution in [1.82, 2.24) is 0 Å². The van der Waals surface area contributed by atoms with Gasteiger partial charge in [0.2, 0.25) is 0 Å². The van der Waals surface area contributed by atoms with Gasteiger partial charge in [0.15, 0.2) is 0 Å². The van der Waals surface area contributed by atoms with Gasteiger partial charge in [-0.25, -0.2) is 0 Å². The molecule has 0 saturated heterocycles. The van der Waals surface area contributed by atoms with Crippen molar-refractivity contribution in [2.24, 2.45) is 0 Å². The smallest absolute Gasteiger partial charge is 0.144 e. The highest BCUT2D eigenvalue weighted by atomic mass is 14.6. The average molecular weight is 210 g/mol. The summed E-state index contributed by atoms with van der Waals surface area (Å²) in [4.78, 5) is 0. The van der Waals surface area contributed by atoms with E-state index in [0.29, 0.717) is 0 Å². The predicted octanol–water partition coefficient (Wildman–Crippen LogP) is 1.74. The molecule has 2 nitrogen and oxygen atoms in total. The molecule has 0 unspecified atom stereocenters. The minimum Gasteiger partial charge on any atom is -0.324 e. The van der Waals surface area contributed by atoms with Gasteiger partial charge in [-0.15, -0.1) is 0 Å². The molecule has 0 atom stereocenters. The van der Waals surface area contributed by atoms with Crippen molar-refractivity contribution >= 4 is 32.9 Å². The molecular formula is C14H14N2+2. The van der Waals surface area contributed by atoms with Gasteiger partial charge in [-0.3, -0.25) is 0 Å². The Balaban J connectivity index is 2.67. The summed E-state index contributed by atoms with van der Waals surface area (Å²) >= 11 is 0. The van der Waals surface area contributed by atoms with Crippen molar-refractivity contribution < 1.29 is 11.5 Å². The van der Waals surface area contributed by atoms with Crippen molar-refractivity contribution in [2.45, 2.75) is 0 Å². The van der Waals surface area contributed by atoms with Gasteiger partial charge in [-0.05, 0) is 24.3 Å². The van der Waals surface area contributed by atoms with E-state index in [1.165, 1.54) is 21.5 Å². The number of quaternary nitrogens is 2. The van der Waals surface area contributed by atoms with Crippen LogP contribution in [0.2, 0.25) is 0 Å². The SMILES string of the molecule is [NH3+]c1c2ccccc2c([NH3+])c2ccccc12. The second-order valence-electron chi connectivity index (χ2n) is 4.05. The van der Waals surface area contributed by atoms with E-state index in [0.717, 1.165) is 11.4 Å². The highest BCUT2D eigenvalue weighted by Crippen LogP contribution is 2.34. The first kappa shape index (κ1) is 9.33. The Labute approximate surface area is 93.5 Å². The first-order valence-electron chi connectivity index (χ1n) is 5.36. The van der Waals surface area contributed by atoms with E-state index in [4.69, 9.17) is 0 Å². The second kappa shape index (κ2) is 3.30. The third-order valence-electron chi connectivity index (χ3n) is 3.15. The van der Waals surface area contributed by atoms with E-state index < -0.39 is 0 Å². The molecule has 0 heterocycles. The van der Waals surface area contributed by atoms with Gasteiger partial charge in [0.25, 0.3) is 0 Å². The lowest BCUT2D eigenvalue weighted by Gasteiger charge is -2.05. The molecule has 2 heteroatoms. The zero-order chi connectivity index (χ0) is 11.1. The summed E-state index contributed by atoms with van der Waals surface area (Å²) in [5.74, 6) is 0. The van der Waals surface area contributed by atoms with Crippen molar-refractivity contribution in [2.75, 3.05) is 0 Å². The van der Waals surface area contributed by atoms with Crippen LogP contribution in [0, 0.1) is 0 Å². The first-order chi connectivity index (χ1) is 7.79. The van der Waals surface area contributed by atoms with Crippen molar-refractivity contribution in [3.8, 4) is 0 Å². The van der Waals surface area contributed by atoms with E-state index >= 15 is 0 Å². The molecule has 0 aromatic heterocycles. The first-order valence-corrected chi connectivity index (χ1v) is 5.36. The molecule has 0 saturated carbocycles. The number of hydrogen-bond acceptors (Lipinski definition) is 0. The number of fused-ring (bicyclic) bond motifs is 2. The average Bonchev–Trinajstić information content (AvgIpc) is 2.36. The molecule has 3 aromatic rings. The fourth-order valence-corrected chi connectivity index (χ4v) is 2.31. The van der Waals surface area contributed by atoms with Gasteiger partial charge in [0.05, 0.1) is 0 Å². The maximum Gasteiger partial charge on any atom is 0.144 e. The maximum absolute atomic E-state index is 4.19. The normalized spacial score (nSPS) is 11.1. The third-order valence-corrected chi connectivity index (χ3v) is 3.15. The third kappa shape index (κ3) is 1.14. The predicted molar refractivity (Wildman–Crippen MR) is 66.6 cm³/mol. The zero-order valence-corrected chi connectivity index (χ0v) is 9.03. The van der Waals surface area contributed by atoms with Crippen LogP contribution in [0.4, 0.5) is 11.4 Å². The number of benzene rings is 3. The summed E-state index contributed by atoms with van der Waals surface area (Å²) in [6, 6.07) is 16.6. The Morgan fingerprint density at radius 3 is 1.00 bits per heavy atom. The van der Waals surface area contributed by atoms with Crippen LogP contribution in [-0.4, -0.2) is 0 Å². The summed E-state index contributed by atoms with van der Waals surface area (Å²) in [6.45, 7) is 0. The lowest BCUT2D eigenvalue weighted by atomic mass is 9.99. The van der Waals surface area contributed by atoms with Gasteiger partial charge in [-0.1, -0.05) is 24.3 Å². The number of hydrogen-bond donors (Lipinski definition) is 2. The Morgan fingerprint density at radius 1 is 0.500 bits per heavy atom. The molecule has 78 valence electrons. The molecule has 3 aromatic carbocycles. The standard InChI is InChI=1S/C14H12N2/c15-13-9-5-1-2-6-10(9)14(16)12-8-4-3-7-11(12)13/h1-8H,15-16H2/p+2. The van der Waals surface area contributed by atoms with Gasteiger partial charge >= 0.3 is 0 Å². The summed E-state index contributed by atoms with van der Waals surface area (Å²) in [5.41, 5.74) is 10.6. The molecule has 0 radical (unpaired) electrons. The van der Waals surface area contributed by atoms with Crippen LogP contribution in [0.15, 0.2) is 48.5 Å². The second-order valence-corrected chi connectivity index (χ2v) is 4.05. The van der Waals surface area contributed by atoms with E-state index in [2.05, 4.69) is 35.7 Å². The molecule has 0 amide bonds. The van der Waals surface area contributed by atoms with Gasteiger partial charge < -0.3 is 11.5 Å². The molecular weight excluding hydrogens is 196 g/mol. The highest BCUT2D eigenvalue weighted by molar-refractivity contribution is 6.14. The van der Waals surface area contributed by atoms with Crippen molar-refractivity contribution in [3.05, 3.63) is 48.5 Å². The molecule has 0 spiro atoms. The van der Waals surface area contributed by atoms with Crippen LogP contribution in [0.25, 0.3) is 21.5 Å². The minimum atomic E-state index is 1.10. The summed E-state index contributed by atoms with van der Waals surface area (Å²) in [5, 5.41) is 4.80. The molecule has 3 rings (SSSR count). The molecule has 0 aliphatic heterocycles. The van der Waals surface area contributed by atoms with E-state index in [-0.39, 0.29) is 0 Å². The Kier molecular flexibility index (Phi) is 1.93. The minimum absolute atomic E-state index is 1.10. The van der Waals surface area contributed by atoms with Crippen LogP contribution >= 0.6 is 0 Å². The molecule has 0 aliphatic rings. The van der Waals surface area contributed by atoms with Crippen LogP contribution in [0.5, 0.6) is 0 Å². The monoisotopic (exact) mass is 210 g/mol. The fraction of sp³-hybridized carbons (Fsp3) is 0. The van der Waals surface area contributed by atoms with Crippen LogP contribution in [0.1, 0.15) is 0 Å². The van der Waals surface area contributed by atoms with Crippen LogP contribution < -0.4 is 11.5 Å². The molecule has 0 bridgehead atoms. The van der Waals surface area contributed by atoms with Gasteiger partial charge in [-0.2, -0.15) is 0 Å². The zero-order valence-electron chi connectivity index (χ0n) is 9.03. The van der Waals surface area contributed by atoms with E-state index in [1.54, 1.807) is 0 Å². The van der Waals surface area contributed by atoms with E-state index in [9.17, 15) is 0 Å². The van der Waals surface area contributed by atoms with Gasteiger partial charge in [0.1, 0.15) is 11.4 Å². The van der Waals surface area contributed by atoms with E-state index in [1.807, 2.05) is 24.3 Å². The Bertz CT molecular complexity index is 570. The summed E-state index contributed by atoms with van der Waals surface area (Å²) in [7, 11) is 0. The number of rotatable bonds is 0. The lowest BCUT2D eigenvalue weighted by molar-refractivity contribution is -0.254. The quantitative estimate of drug-likeness (QED) is 0.531. The fourth-order valence-electron chi connectivity index (χ4n) is 2.31. The highest BCUT2D eigenvalue weighted by Gasteiger charge is 2.13. The van der Waals surface area contributed by atoms with Crippen molar-refractivity contribution in [3.63, 3.8) is 0 Å². The largest absolute Gasteiger partial charge is 0.324 e. The van der Waals surface area contributed by atoms with Gasteiger partial charge in [0, 0.05) is 21.5 Å².